The van der Waals surface area contributed by atoms with E-state index < -0.39 is 4.46 Å². The summed E-state index contributed by atoms with van der Waals surface area (Å²) in [6.07, 6.45) is 1.06. The maximum absolute atomic E-state index is 6.06. The summed E-state index contributed by atoms with van der Waals surface area (Å²) in [6.45, 7) is 4.75. The van der Waals surface area contributed by atoms with Gasteiger partial charge in [-0.1, -0.05) is 30.1 Å². The second-order valence-corrected chi connectivity index (χ2v) is 4.23. The third-order valence-electron chi connectivity index (χ3n) is 1.99. The number of nitrogens with one attached hydrogen (secondary N) is 2. The molecule has 0 amide bonds. The van der Waals surface area contributed by atoms with Crippen LogP contribution in [0.3, 0.4) is 0 Å². The Morgan fingerprint density at radius 2 is 2.36 bits per heavy atom. The predicted octanol–water partition coefficient (Wildman–Crippen LogP) is 1.34. The van der Waals surface area contributed by atoms with Crippen molar-refractivity contribution in [2.24, 2.45) is 5.92 Å². The van der Waals surface area contributed by atoms with Crippen molar-refractivity contribution in [2.75, 3.05) is 19.6 Å². The van der Waals surface area contributed by atoms with Crippen molar-refractivity contribution in [1.82, 2.24) is 10.6 Å². The molecule has 1 aliphatic rings. The number of rotatable bonds is 3. The van der Waals surface area contributed by atoms with Gasteiger partial charge in [0.15, 0.2) is 4.46 Å². The molecular weight excluding hydrogens is 183 g/mol. The lowest BCUT2D eigenvalue weighted by molar-refractivity contribution is 0.436. The average Bonchev–Trinajstić information content (AvgIpc) is 2.37. The van der Waals surface area contributed by atoms with E-state index >= 15 is 0 Å². The highest BCUT2D eigenvalue weighted by Crippen LogP contribution is 2.31. The van der Waals surface area contributed by atoms with Gasteiger partial charge < -0.3 is 5.32 Å². The van der Waals surface area contributed by atoms with Crippen LogP contribution in [-0.2, 0) is 0 Å². The van der Waals surface area contributed by atoms with Gasteiger partial charge in [-0.05, 0) is 19.5 Å². The number of hydrogen-bond acceptors (Lipinski definition) is 2. The normalized spacial score (nSPS) is 25.9. The molecule has 1 fully saturated rings. The highest BCUT2D eigenvalue weighted by atomic mass is 35.5. The summed E-state index contributed by atoms with van der Waals surface area (Å²) in [4.78, 5) is 0. The molecule has 4 heteroatoms. The minimum absolute atomic E-state index is 0.339. The van der Waals surface area contributed by atoms with E-state index in [-0.39, 0.29) is 0 Å². The number of alkyl halides is 2. The average molecular weight is 197 g/mol. The van der Waals surface area contributed by atoms with Crippen LogP contribution in [0, 0.1) is 5.92 Å². The summed E-state index contributed by atoms with van der Waals surface area (Å²) in [5.74, 6) is 0.339. The Balaban J connectivity index is 2.41. The molecule has 11 heavy (non-hydrogen) atoms. The zero-order valence-corrected chi connectivity index (χ0v) is 8.17. The lowest BCUT2D eigenvalue weighted by Crippen LogP contribution is -2.42. The van der Waals surface area contributed by atoms with Gasteiger partial charge >= 0.3 is 0 Å². The van der Waals surface area contributed by atoms with Gasteiger partial charge in [0.05, 0.1) is 0 Å². The van der Waals surface area contributed by atoms with E-state index in [9.17, 15) is 0 Å². The van der Waals surface area contributed by atoms with E-state index in [1.807, 2.05) is 6.92 Å². The third kappa shape index (κ3) is 2.48. The molecule has 0 bridgehead atoms. The largest absolute Gasteiger partial charge is 0.316 e. The SMILES string of the molecule is CCNC(Cl)(Cl)[C@@H]1CCNC1. The molecule has 1 heterocycles. The van der Waals surface area contributed by atoms with Crippen LogP contribution in [0.4, 0.5) is 0 Å². The minimum atomic E-state index is -0.738. The van der Waals surface area contributed by atoms with Crippen molar-refractivity contribution in [2.45, 2.75) is 17.8 Å². The molecule has 2 N–H and O–H groups in total. The summed E-state index contributed by atoms with van der Waals surface area (Å²) in [6, 6.07) is 0. The zero-order chi connectivity index (χ0) is 8.32. The lowest BCUT2D eigenvalue weighted by atomic mass is 10.1. The summed E-state index contributed by atoms with van der Waals surface area (Å²) >= 11 is 12.1. The Bertz CT molecular complexity index is 122. The van der Waals surface area contributed by atoms with Crippen LogP contribution < -0.4 is 10.6 Å². The van der Waals surface area contributed by atoms with Gasteiger partial charge in [0.2, 0.25) is 0 Å². The smallest absolute Gasteiger partial charge is 0.172 e. The van der Waals surface area contributed by atoms with Crippen LogP contribution in [0.1, 0.15) is 13.3 Å². The maximum atomic E-state index is 6.06. The number of halogens is 2. The molecular formula is C7H14Cl2N2. The van der Waals surface area contributed by atoms with Crippen LogP contribution in [0.15, 0.2) is 0 Å². The van der Waals surface area contributed by atoms with E-state index in [0.29, 0.717) is 5.92 Å². The van der Waals surface area contributed by atoms with E-state index in [0.717, 1.165) is 26.1 Å². The highest BCUT2D eigenvalue weighted by Gasteiger charge is 2.35. The van der Waals surface area contributed by atoms with Crippen molar-refractivity contribution in [3.8, 4) is 0 Å². The van der Waals surface area contributed by atoms with Gasteiger partial charge in [0.25, 0.3) is 0 Å². The predicted molar refractivity (Wildman–Crippen MR) is 49.1 cm³/mol. The topological polar surface area (TPSA) is 24.1 Å². The molecule has 66 valence electrons. The van der Waals surface area contributed by atoms with Crippen LogP contribution in [-0.4, -0.2) is 24.1 Å². The molecule has 0 aromatic heterocycles. The first-order valence-electron chi connectivity index (χ1n) is 4.00. The van der Waals surface area contributed by atoms with Gasteiger partial charge in [-0.2, -0.15) is 0 Å². The molecule has 1 rings (SSSR count). The van der Waals surface area contributed by atoms with Crippen LogP contribution in [0.2, 0.25) is 0 Å². The van der Waals surface area contributed by atoms with E-state index in [4.69, 9.17) is 23.2 Å². The molecule has 0 unspecified atom stereocenters. The van der Waals surface area contributed by atoms with Crippen LogP contribution >= 0.6 is 23.2 Å². The second-order valence-electron chi connectivity index (χ2n) is 2.84. The minimum Gasteiger partial charge on any atom is -0.316 e. The summed E-state index contributed by atoms with van der Waals surface area (Å²) < 4.78 is -0.738. The van der Waals surface area contributed by atoms with Crippen molar-refractivity contribution >= 4 is 23.2 Å². The second kappa shape index (κ2) is 3.94. The van der Waals surface area contributed by atoms with Gasteiger partial charge in [-0.25, -0.2) is 0 Å². The summed E-state index contributed by atoms with van der Waals surface area (Å²) in [5.41, 5.74) is 0. The Hall–Kier alpha value is 0.500. The molecule has 0 radical (unpaired) electrons. The molecule has 0 aromatic rings. The van der Waals surface area contributed by atoms with Gasteiger partial charge in [-0.3, -0.25) is 5.32 Å². The quantitative estimate of drug-likeness (QED) is 0.527. The van der Waals surface area contributed by atoms with Crippen LogP contribution in [0.25, 0.3) is 0 Å². The fourth-order valence-corrected chi connectivity index (χ4v) is 1.98. The number of hydrogen-bond donors (Lipinski definition) is 2. The van der Waals surface area contributed by atoms with Crippen molar-refractivity contribution in [3.63, 3.8) is 0 Å². The molecule has 1 atom stereocenters. The molecule has 0 aromatic carbocycles. The first kappa shape index (κ1) is 9.59. The standard InChI is InChI=1S/C7H14Cl2N2/c1-2-11-7(8,9)6-3-4-10-5-6/h6,10-11H,2-5H2,1H3/t6-/m1/s1. The maximum Gasteiger partial charge on any atom is 0.172 e. The van der Waals surface area contributed by atoms with Crippen molar-refractivity contribution in [1.29, 1.82) is 0 Å². The Kier molecular flexibility index (Phi) is 3.44. The molecule has 1 saturated heterocycles. The Labute approximate surface area is 77.6 Å². The summed E-state index contributed by atoms with van der Waals surface area (Å²) in [5, 5.41) is 6.28. The van der Waals surface area contributed by atoms with E-state index in [2.05, 4.69) is 10.6 Å². The van der Waals surface area contributed by atoms with Gasteiger partial charge in [0, 0.05) is 12.5 Å². The fourth-order valence-electron chi connectivity index (χ4n) is 1.34. The van der Waals surface area contributed by atoms with Crippen molar-refractivity contribution in [3.05, 3.63) is 0 Å². The fraction of sp³-hybridized carbons (Fsp3) is 1.00. The molecule has 0 aliphatic carbocycles. The third-order valence-corrected chi connectivity index (χ3v) is 2.87. The Morgan fingerprint density at radius 1 is 1.64 bits per heavy atom. The molecule has 0 spiro atoms. The highest BCUT2D eigenvalue weighted by molar-refractivity contribution is 6.48. The monoisotopic (exact) mass is 196 g/mol. The lowest BCUT2D eigenvalue weighted by Gasteiger charge is -2.26. The van der Waals surface area contributed by atoms with Gasteiger partial charge in [-0.15, -0.1) is 0 Å². The Morgan fingerprint density at radius 3 is 2.82 bits per heavy atom. The van der Waals surface area contributed by atoms with Gasteiger partial charge in [0.1, 0.15) is 0 Å². The van der Waals surface area contributed by atoms with E-state index in [1.165, 1.54) is 0 Å². The first-order valence-corrected chi connectivity index (χ1v) is 4.76. The summed E-state index contributed by atoms with van der Waals surface area (Å²) in [7, 11) is 0. The first-order chi connectivity index (χ1) is 5.17. The molecule has 2 nitrogen and oxygen atoms in total. The molecule has 0 saturated carbocycles. The zero-order valence-electron chi connectivity index (χ0n) is 6.66. The molecule has 1 aliphatic heterocycles. The van der Waals surface area contributed by atoms with Crippen molar-refractivity contribution < 1.29 is 0 Å². The van der Waals surface area contributed by atoms with Crippen LogP contribution in [0.5, 0.6) is 0 Å². The van der Waals surface area contributed by atoms with E-state index in [1.54, 1.807) is 0 Å².